The van der Waals surface area contributed by atoms with Crippen LogP contribution in [0.1, 0.15) is 22.9 Å². The highest BCUT2D eigenvalue weighted by atomic mass is 79.9. The molecule has 0 aromatic heterocycles. The Labute approximate surface area is 138 Å². The SMILES string of the molecule is CCOc1ccc(C(Br)c2ccccc2Br)cc1Br. The van der Waals surface area contributed by atoms with E-state index in [-0.39, 0.29) is 4.83 Å². The lowest BCUT2D eigenvalue weighted by Gasteiger charge is -2.14. The fourth-order valence-corrected chi connectivity index (χ4v) is 3.82. The second-order valence-corrected chi connectivity index (χ2v) is 6.63. The van der Waals surface area contributed by atoms with Crippen LogP contribution in [0.5, 0.6) is 5.75 Å². The molecule has 1 nitrogen and oxygen atoms in total. The van der Waals surface area contributed by atoms with Crippen molar-refractivity contribution in [1.29, 1.82) is 0 Å². The van der Waals surface area contributed by atoms with Crippen LogP contribution in [0.15, 0.2) is 51.4 Å². The van der Waals surface area contributed by atoms with Gasteiger partial charge in [0.05, 0.1) is 15.9 Å². The second-order valence-electron chi connectivity index (χ2n) is 4.01. The van der Waals surface area contributed by atoms with Crippen molar-refractivity contribution < 1.29 is 4.74 Å². The van der Waals surface area contributed by atoms with Gasteiger partial charge in [0.15, 0.2) is 0 Å². The summed E-state index contributed by atoms with van der Waals surface area (Å²) >= 11 is 10.9. The van der Waals surface area contributed by atoms with E-state index < -0.39 is 0 Å². The molecule has 0 heterocycles. The summed E-state index contributed by atoms with van der Waals surface area (Å²) in [5.41, 5.74) is 2.39. The van der Waals surface area contributed by atoms with E-state index in [0.29, 0.717) is 6.61 Å². The average Bonchev–Trinajstić information content (AvgIpc) is 2.41. The highest BCUT2D eigenvalue weighted by molar-refractivity contribution is 9.11. The van der Waals surface area contributed by atoms with E-state index in [1.165, 1.54) is 11.1 Å². The van der Waals surface area contributed by atoms with Gasteiger partial charge in [-0.2, -0.15) is 0 Å². The van der Waals surface area contributed by atoms with Crippen LogP contribution in [-0.4, -0.2) is 6.61 Å². The highest BCUT2D eigenvalue weighted by Gasteiger charge is 2.14. The van der Waals surface area contributed by atoms with Gasteiger partial charge in [-0.1, -0.05) is 56.1 Å². The van der Waals surface area contributed by atoms with E-state index in [9.17, 15) is 0 Å². The predicted molar refractivity (Wildman–Crippen MR) is 90.2 cm³/mol. The zero-order valence-electron chi connectivity index (χ0n) is 10.4. The van der Waals surface area contributed by atoms with Crippen LogP contribution in [0.3, 0.4) is 0 Å². The Kier molecular flexibility index (Phi) is 5.48. The van der Waals surface area contributed by atoms with Crippen LogP contribution in [-0.2, 0) is 0 Å². The summed E-state index contributed by atoms with van der Waals surface area (Å²) in [6, 6.07) is 14.4. The number of hydrogen-bond acceptors (Lipinski definition) is 1. The van der Waals surface area contributed by atoms with E-state index in [4.69, 9.17) is 4.74 Å². The standard InChI is InChI=1S/C15H13Br3O/c1-2-19-14-8-7-10(9-13(14)17)15(18)11-5-3-4-6-12(11)16/h3-9,15H,2H2,1H3. The first-order chi connectivity index (χ1) is 9.13. The molecule has 1 atom stereocenters. The van der Waals surface area contributed by atoms with Crippen LogP contribution in [0.4, 0.5) is 0 Å². The zero-order chi connectivity index (χ0) is 13.8. The van der Waals surface area contributed by atoms with Crippen LogP contribution in [0.25, 0.3) is 0 Å². The second kappa shape index (κ2) is 6.91. The molecular weight excluding hydrogens is 436 g/mol. The van der Waals surface area contributed by atoms with E-state index in [1.807, 2.05) is 31.2 Å². The summed E-state index contributed by atoms with van der Waals surface area (Å²) in [5.74, 6) is 0.873. The Hall–Kier alpha value is -0.320. The third-order valence-electron chi connectivity index (χ3n) is 2.73. The van der Waals surface area contributed by atoms with Crippen molar-refractivity contribution in [2.75, 3.05) is 6.61 Å². The van der Waals surface area contributed by atoms with Gasteiger partial charge in [0.2, 0.25) is 0 Å². The molecule has 0 amide bonds. The van der Waals surface area contributed by atoms with Crippen LogP contribution >= 0.6 is 47.8 Å². The average molecular weight is 449 g/mol. The van der Waals surface area contributed by atoms with Crippen molar-refractivity contribution in [1.82, 2.24) is 0 Å². The zero-order valence-corrected chi connectivity index (χ0v) is 15.1. The molecule has 2 rings (SSSR count). The van der Waals surface area contributed by atoms with Gasteiger partial charge in [-0.05, 0) is 52.2 Å². The molecule has 0 saturated carbocycles. The van der Waals surface area contributed by atoms with E-state index in [0.717, 1.165) is 14.7 Å². The molecule has 2 aromatic carbocycles. The van der Waals surface area contributed by atoms with Crippen molar-refractivity contribution in [3.8, 4) is 5.75 Å². The summed E-state index contributed by atoms with van der Waals surface area (Å²) in [6.07, 6.45) is 0. The van der Waals surface area contributed by atoms with Gasteiger partial charge in [0, 0.05) is 4.47 Å². The summed E-state index contributed by atoms with van der Waals surface area (Å²) in [6.45, 7) is 2.65. The Morgan fingerprint density at radius 1 is 1.05 bits per heavy atom. The third-order valence-corrected chi connectivity index (χ3v) is 5.09. The molecule has 0 radical (unpaired) electrons. The van der Waals surface area contributed by atoms with Crippen LogP contribution < -0.4 is 4.74 Å². The number of benzene rings is 2. The first-order valence-corrected chi connectivity index (χ1v) is 8.44. The molecule has 0 saturated heterocycles. The summed E-state index contributed by atoms with van der Waals surface area (Å²) in [7, 11) is 0. The van der Waals surface area contributed by atoms with Crippen molar-refractivity contribution >= 4 is 47.8 Å². The molecule has 0 spiro atoms. The maximum absolute atomic E-state index is 5.53. The molecule has 0 aliphatic heterocycles. The van der Waals surface area contributed by atoms with E-state index >= 15 is 0 Å². The Morgan fingerprint density at radius 2 is 1.79 bits per heavy atom. The predicted octanol–water partition coefficient (Wildman–Crippen LogP) is 6.09. The minimum absolute atomic E-state index is 0.148. The molecule has 0 fully saturated rings. The maximum atomic E-state index is 5.53. The molecule has 4 heteroatoms. The summed E-state index contributed by atoms with van der Waals surface area (Å²) in [4.78, 5) is 0.148. The number of alkyl halides is 1. The topological polar surface area (TPSA) is 9.23 Å². The van der Waals surface area contributed by atoms with Crippen LogP contribution in [0.2, 0.25) is 0 Å². The normalized spacial score (nSPS) is 12.2. The van der Waals surface area contributed by atoms with Crippen molar-refractivity contribution in [2.45, 2.75) is 11.8 Å². The first kappa shape index (κ1) is 15.1. The monoisotopic (exact) mass is 446 g/mol. The molecule has 0 aliphatic carbocycles. The largest absolute Gasteiger partial charge is 0.493 e. The van der Waals surface area contributed by atoms with Gasteiger partial charge in [-0.25, -0.2) is 0 Å². The lowest BCUT2D eigenvalue weighted by Crippen LogP contribution is -1.96. The quantitative estimate of drug-likeness (QED) is 0.514. The molecule has 0 bridgehead atoms. The molecule has 100 valence electrons. The van der Waals surface area contributed by atoms with E-state index in [2.05, 4.69) is 66.0 Å². The fourth-order valence-electron chi connectivity index (χ4n) is 1.81. The van der Waals surface area contributed by atoms with Gasteiger partial charge in [-0.3, -0.25) is 0 Å². The minimum atomic E-state index is 0.148. The molecule has 0 aliphatic rings. The van der Waals surface area contributed by atoms with Gasteiger partial charge < -0.3 is 4.74 Å². The molecular formula is C15H13Br3O. The minimum Gasteiger partial charge on any atom is -0.493 e. The van der Waals surface area contributed by atoms with Crippen molar-refractivity contribution in [3.05, 3.63) is 62.5 Å². The van der Waals surface area contributed by atoms with Gasteiger partial charge >= 0.3 is 0 Å². The number of hydrogen-bond donors (Lipinski definition) is 0. The molecule has 0 N–H and O–H groups in total. The maximum Gasteiger partial charge on any atom is 0.133 e. The Morgan fingerprint density at radius 3 is 2.42 bits per heavy atom. The van der Waals surface area contributed by atoms with Gasteiger partial charge in [0.1, 0.15) is 5.75 Å². The van der Waals surface area contributed by atoms with Gasteiger partial charge in [0.25, 0.3) is 0 Å². The lowest BCUT2D eigenvalue weighted by molar-refractivity contribution is 0.338. The lowest BCUT2D eigenvalue weighted by atomic mass is 10.0. The van der Waals surface area contributed by atoms with E-state index in [1.54, 1.807) is 0 Å². The summed E-state index contributed by atoms with van der Waals surface area (Å²) < 4.78 is 7.60. The molecule has 19 heavy (non-hydrogen) atoms. The van der Waals surface area contributed by atoms with Crippen molar-refractivity contribution in [3.63, 3.8) is 0 Å². The highest BCUT2D eigenvalue weighted by Crippen LogP contribution is 2.38. The smallest absolute Gasteiger partial charge is 0.133 e. The number of halogens is 3. The van der Waals surface area contributed by atoms with Crippen LogP contribution in [0, 0.1) is 0 Å². The number of rotatable bonds is 4. The van der Waals surface area contributed by atoms with Gasteiger partial charge in [-0.15, -0.1) is 0 Å². The third kappa shape index (κ3) is 3.61. The Balaban J connectivity index is 2.32. The molecule has 2 aromatic rings. The summed E-state index contributed by atoms with van der Waals surface area (Å²) in [5, 5.41) is 0. The van der Waals surface area contributed by atoms with Crippen molar-refractivity contribution in [2.24, 2.45) is 0 Å². The fraction of sp³-hybridized carbons (Fsp3) is 0.200. The Bertz CT molecular complexity index is 569. The first-order valence-electron chi connectivity index (χ1n) is 5.94. The number of ether oxygens (including phenoxy) is 1. The molecule has 1 unspecified atom stereocenters.